The van der Waals surface area contributed by atoms with Gasteiger partial charge < -0.3 is 15.8 Å². The van der Waals surface area contributed by atoms with E-state index >= 15 is 0 Å². The predicted octanol–water partition coefficient (Wildman–Crippen LogP) is 1.05. The van der Waals surface area contributed by atoms with E-state index in [0.717, 1.165) is 5.56 Å². The first-order valence-corrected chi connectivity index (χ1v) is 4.65. The molecule has 82 valence electrons. The molecule has 0 aliphatic carbocycles. The molecule has 0 bridgehead atoms. The molecule has 5 heteroatoms. The van der Waals surface area contributed by atoms with Gasteiger partial charge in [-0.3, -0.25) is 0 Å². The van der Waals surface area contributed by atoms with Crippen molar-refractivity contribution >= 4 is 0 Å². The standard InChI is InChI=1S/C10H12F2N2O/c11-9(12)15-8-3-1-2-7(4-8)10(13)5-14-6-10/h1-4,9,14H,5-6,13H2. The van der Waals surface area contributed by atoms with Crippen LogP contribution in [0.1, 0.15) is 5.56 Å². The molecule has 0 atom stereocenters. The molecule has 0 amide bonds. The Kier molecular flexibility index (Phi) is 2.58. The first kappa shape index (κ1) is 10.3. The van der Waals surface area contributed by atoms with Gasteiger partial charge in [-0.2, -0.15) is 8.78 Å². The smallest absolute Gasteiger partial charge is 0.387 e. The number of ether oxygens (including phenoxy) is 1. The normalized spacial score (nSPS) is 18.7. The molecule has 0 saturated carbocycles. The number of halogens is 2. The minimum absolute atomic E-state index is 0.152. The highest BCUT2D eigenvalue weighted by Crippen LogP contribution is 2.26. The molecule has 1 aromatic carbocycles. The second-order valence-electron chi connectivity index (χ2n) is 3.67. The molecule has 0 radical (unpaired) electrons. The molecule has 2 rings (SSSR count). The Bertz CT molecular complexity index is 353. The van der Waals surface area contributed by atoms with Gasteiger partial charge in [0.2, 0.25) is 0 Å². The summed E-state index contributed by atoms with van der Waals surface area (Å²) in [5, 5.41) is 3.05. The number of rotatable bonds is 3. The van der Waals surface area contributed by atoms with Crippen molar-refractivity contribution in [2.45, 2.75) is 12.2 Å². The van der Waals surface area contributed by atoms with Crippen molar-refractivity contribution in [2.24, 2.45) is 5.73 Å². The van der Waals surface area contributed by atoms with E-state index in [4.69, 9.17) is 5.73 Å². The Balaban J connectivity index is 2.19. The summed E-state index contributed by atoms with van der Waals surface area (Å²) in [6.07, 6.45) is 0. The van der Waals surface area contributed by atoms with Gasteiger partial charge in [0.05, 0.1) is 5.54 Å². The molecule has 1 aliphatic rings. The number of benzene rings is 1. The fourth-order valence-electron chi connectivity index (χ4n) is 1.58. The SMILES string of the molecule is NC1(c2cccc(OC(F)F)c2)CNC1. The van der Waals surface area contributed by atoms with Gasteiger partial charge in [0.1, 0.15) is 5.75 Å². The topological polar surface area (TPSA) is 47.3 Å². The quantitative estimate of drug-likeness (QED) is 0.790. The van der Waals surface area contributed by atoms with Crippen LogP contribution in [0, 0.1) is 0 Å². The highest BCUT2D eigenvalue weighted by atomic mass is 19.3. The van der Waals surface area contributed by atoms with Crippen molar-refractivity contribution in [3.63, 3.8) is 0 Å². The molecular weight excluding hydrogens is 202 g/mol. The van der Waals surface area contributed by atoms with Crippen LogP contribution >= 0.6 is 0 Å². The molecule has 1 aromatic rings. The van der Waals surface area contributed by atoms with Crippen molar-refractivity contribution in [2.75, 3.05) is 13.1 Å². The van der Waals surface area contributed by atoms with Crippen LogP contribution in [0.4, 0.5) is 8.78 Å². The molecule has 15 heavy (non-hydrogen) atoms. The number of nitrogens with two attached hydrogens (primary N) is 1. The molecule has 0 aromatic heterocycles. The predicted molar refractivity (Wildman–Crippen MR) is 51.8 cm³/mol. The largest absolute Gasteiger partial charge is 0.435 e. The third kappa shape index (κ3) is 2.08. The third-order valence-corrected chi connectivity index (χ3v) is 2.52. The lowest BCUT2D eigenvalue weighted by atomic mass is 9.85. The van der Waals surface area contributed by atoms with Crippen molar-refractivity contribution < 1.29 is 13.5 Å². The second-order valence-corrected chi connectivity index (χ2v) is 3.67. The molecule has 1 aliphatic heterocycles. The van der Waals surface area contributed by atoms with Gasteiger partial charge in [-0.25, -0.2) is 0 Å². The maximum absolute atomic E-state index is 12.0. The number of hydrogen-bond acceptors (Lipinski definition) is 3. The summed E-state index contributed by atoms with van der Waals surface area (Å²) < 4.78 is 28.3. The Morgan fingerprint density at radius 2 is 2.13 bits per heavy atom. The summed E-state index contributed by atoms with van der Waals surface area (Å²) in [7, 11) is 0. The zero-order chi connectivity index (χ0) is 10.9. The van der Waals surface area contributed by atoms with Crippen LogP contribution in [0.5, 0.6) is 5.75 Å². The Morgan fingerprint density at radius 1 is 1.40 bits per heavy atom. The van der Waals surface area contributed by atoms with Crippen LogP contribution in [0.25, 0.3) is 0 Å². The molecule has 1 saturated heterocycles. The highest BCUT2D eigenvalue weighted by molar-refractivity contribution is 5.35. The third-order valence-electron chi connectivity index (χ3n) is 2.52. The van der Waals surface area contributed by atoms with E-state index in [-0.39, 0.29) is 5.75 Å². The Hall–Kier alpha value is -1.20. The van der Waals surface area contributed by atoms with Crippen molar-refractivity contribution in [3.05, 3.63) is 29.8 Å². The van der Waals surface area contributed by atoms with Gasteiger partial charge in [0, 0.05) is 13.1 Å². The number of hydrogen-bond donors (Lipinski definition) is 2. The molecular formula is C10H12F2N2O. The van der Waals surface area contributed by atoms with Crippen LogP contribution < -0.4 is 15.8 Å². The van der Waals surface area contributed by atoms with E-state index in [0.29, 0.717) is 13.1 Å². The van der Waals surface area contributed by atoms with Gasteiger partial charge in [0.25, 0.3) is 0 Å². The van der Waals surface area contributed by atoms with Crippen molar-refractivity contribution in [3.8, 4) is 5.75 Å². The zero-order valence-corrected chi connectivity index (χ0v) is 8.04. The molecule has 0 unspecified atom stereocenters. The summed E-state index contributed by atoms with van der Waals surface area (Å²) in [4.78, 5) is 0. The monoisotopic (exact) mass is 214 g/mol. The first-order valence-electron chi connectivity index (χ1n) is 4.65. The van der Waals surface area contributed by atoms with Gasteiger partial charge in [-0.1, -0.05) is 12.1 Å². The fourth-order valence-corrected chi connectivity index (χ4v) is 1.58. The maximum Gasteiger partial charge on any atom is 0.387 e. The minimum atomic E-state index is -2.80. The molecule has 1 fully saturated rings. The number of nitrogens with one attached hydrogen (secondary N) is 1. The highest BCUT2D eigenvalue weighted by Gasteiger charge is 2.34. The van der Waals surface area contributed by atoms with E-state index in [1.165, 1.54) is 6.07 Å². The van der Waals surface area contributed by atoms with E-state index in [1.807, 2.05) is 6.07 Å². The average molecular weight is 214 g/mol. The molecule has 1 heterocycles. The van der Waals surface area contributed by atoms with Crippen LogP contribution in [0.15, 0.2) is 24.3 Å². The van der Waals surface area contributed by atoms with Gasteiger partial charge >= 0.3 is 6.61 Å². The van der Waals surface area contributed by atoms with E-state index in [2.05, 4.69) is 10.1 Å². The van der Waals surface area contributed by atoms with Gasteiger partial charge in [0.15, 0.2) is 0 Å². The molecule has 0 spiro atoms. The van der Waals surface area contributed by atoms with E-state index in [1.54, 1.807) is 12.1 Å². The number of alkyl halides is 2. The molecule has 3 nitrogen and oxygen atoms in total. The van der Waals surface area contributed by atoms with Crippen molar-refractivity contribution in [1.82, 2.24) is 5.32 Å². The lowest BCUT2D eigenvalue weighted by molar-refractivity contribution is -0.0499. The summed E-state index contributed by atoms with van der Waals surface area (Å²) in [6, 6.07) is 6.54. The lowest BCUT2D eigenvalue weighted by Crippen LogP contribution is -2.62. The van der Waals surface area contributed by atoms with Crippen LogP contribution in [0.2, 0.25) is 0 Å². The average Bonchev–Trinajstić information content (AvgIpc) is 2.13. The minimum Gasteiger partial charge on any atom is -0.435 e. The summed E-state index contributed by atoms with van der Waals surface area (Å²) >= 11 is 0. The van der Waals surface area contributed by atoms with Crippen LogP contribution in [-0.4, -0.2) is 19.7 Å². The van der Waals surface area contributed by atoms with Crippen molar-refractivity contribution in [1.29, 1.82) is 0 Å². The summed E-state index contributed by atoms with van der Waals surface area (Å²) in [6.45, 7) is -1.48. The van der Waals surface area contributed by atoms with E-state index < -0.39 is 12.2 Å². The summed E-state index contributed by atoms with van der Waals surface area (Å²) in [5.41, 5.74) is 6.39. The Morgan fingerprint density at radius 3 is 2.67 bits per heavy atom. The van der Waals surface area contributed by atoms with Crippen LogP contribution in [-0.2, 0) is 5.54 Å². The Labute approximate surface area is 86.2 Å². The van der Waals surface area contributed by atoms with Gasteiger partial charge in [-0.05, 0) is 17.7 Å². The second kappa shape index (κ2) is 3.75. The zero-order valence-electron chi connectivity index (χ0n) is 8.04. The first-order chi connectivity index (χ1) is 7.10. The maximum atomic E-state index is 12.0. The summed E-state index contributed by atoms with van der Waals surface area (Å²) in [5.74, 6) is 0.152. The van der Waals surface area contributed by atoms with Gasteiger partial charge in [-0.15, -0.1) is 0 Å². The lowest BCUT2D eigenvalue weighted by Gasteiger charge is -2.39. The molecule has 3 N–H and O–H groups in total. The van der Waals surface area contributed by atoms with Crippen LogP contribution in [0.3, 0.4) is 0 Å². The van der Waals surface area contributed by atoms with E-state index in [9.17, 15) is 8.78 Å². The fraction of sp³-hybridized carbons (Fsp3) is 0.400.